The molecule has 5 nitrogen and oxygen atoms in total. The van der Waals surface area contributed by atoms with Gasteiger partial charge in [0.1, 0.15) is 0 Å². The molecule has 0 spiro atoms. The van der Waals surface area contributed by atoms with Crippen molar-refractivity contribution in [1.29, 1.82) is 0 Å². The van der Waals surface area contributed by atoms with Crippen LogP contribution in [0.25, 0.3) is 0 Å². The van der Waals surface area contributed by atoms with Gasteiger partial charge in [-0.25, -0.2) is 0 Å². The van der Waals surface area contributed by atoms with Crippen LogP contribution in [0.1, 0.15) is 12.8 Å². The van der Waals surface area contributed by atoms with Crippen LogP contribution in [-0.2, 0) is 4.74 Å². The Hall–Kier alpha value is -1.59. The largest absolute Gasteiger partial charge is 0.383 e. The highest BCUT2D eigenvalue weighted by Gasteiger charge is 2.27. The minimum atomic E-state index is 0.471. The third-order valence-electron chi connectivity index (χ3n) is 3.36. The van der Waals surface area contributed by atoms with E-state index in [1.54, 1.807) is 7.11 Å². The molecule has 1 fully saturated rings. The second-order valence-electron chi connectivity index (χ2n) is 5.02. The van der Waals surface area contributed by atoms with Crippen LogP contribution in [0.4, 0.5) is 5.69 Å². The lowest BCUT2D eigenvalue weighted by molar-refractivity contribution is 0.145. The van der Waals surface area contributed by atoms with Crippen molar-refractivity contribution >= 4 is 11.6 Å². The quantitative estimate of drug-likeness (QED) is 0.558. The smallest absolute Gasteiger partial charge is 0.193 e. The van der Waals surface area contributed by atoms with E-state index in [0.29, 0.717) is 12.5 Å². The molecule has 0 radical (unpaired) electrons. The summed E-state index contributed by atoms with van der Waals surface area (Å²) in [7, 11) is 1.74. The van der Waals surface area contributed by atoms with E-state index in [2.05, 4.69) is 15.2 Å². The summed E-state index contributed by atoms with van der Waals surface area (Å²) >= 11 is 0. The normalized spacial score (nSPS) is 15.6. The van der Waals surface area contributed by atoms with E-state index in [4.69, 9.17) is 10.5 Å². The highest BCUT2D eigenvalue weighted by atomic mass is 16.5. The van der Waals surface area contributed by atoms with Crippen LogP contribution in [0.15, 0.2) is 35.3 Å². The summed E-state index contributed by atoms with van der Waals surface area (Å²) in [6.45, 7) is 3.40. The SMILES string of the molecule is COCCN(CCN=C(N)Nc1ccccc1)C1CC1. The number of nitrogens with one attached hydrogen (secondary N) is 1. The fraction of sp³-hybridized carbons (Fsp3) is 0.533. The topological polar surface area (TPSA) is 62.9 Å². The minimum Gasteiger partial charge on any atom is -0.383 e. The monoisotopic (exact) mass is 276 g/mol. The first-order chi connectivity index (χ1) is 9.79. The summed E-state index contributed by atoms with van der Waals surface area (Å²) in [5.74, 6) is 0.471. The molecule has 1 aliphatic carbocycles. The highest BCUT2D eigenvalue weighted by molar-refractivity contribution is 5.92. The molecule has 0 amide bonds. The van der Waals surface area contributed by atoms with Crippen molar-refractivity contribution < 1.29 is 4.74 Å². The molecule has 0 heterocycles. The van der Waals surface area contributed by atoms with Gasteiger partial charge in [0, 0.05) is 31.9 Å². The number of ether oxygens (including phenoxy) is 1. The lowest BCUT2D eigenvalue weighted by Crippen LogP contribution is -2.33. The molecule has 1 aromatic rings. The van der Waals surface area contributed by atoms with Gasteiger partial charge < -0.3 is 15.8 Å². The Morgan fingerprint density at radius 3 is 2.75 bits per heavy atom. The highest BCUT2D eigenvalue weighted by Crippen LogP contribution is 2.26. The molecule has 2 rings (SSSR count). The van der Waals surface area contributed by atoms with Crippen LogP contribution in [-0.4, -0.2) is 50.3 Å². The van der Waals surface area contributed by atoms with Crippen LogP contribution in [0, 0.1) is 0 Å². The molecule has 0 aliphatic heterocycles. The molecule has 110 valence electrons. The number of anilines is 1. The number of guanidine groups is 1. The van der Waals surface area contributed by atoms with Crippen molar-refractivity contribution in [2.45, 2.75) is 18.9 Å². The van der Waals surface area contributed by atoms with Gasteiger partial charge in [0.25, 0.3) is 0 Å². The predicted octanol–water partition coefficient (Wildman–Crippen LogP) is 1.52. The molecule has 1 saturated carbocycles. The van der Waals surface area contributed by atoms with E-state index in [1.165, 1.54) is 12.8 Å². The zero-order valence-corrected chi connectivity index (χ0v) is 12.1. The van der Waals surface area contributed by atoms with Gasteiger partial charge in [0.15, 0.2) is 5.96 Å². The number of para-hydroxylation sites is 1. The van der Waals surface area contributed by atoms with Gasteiger partial charge in [0.05, 0.1) is 13.2 Å². The van der Waals surface area contributed by atoms with Crippen LogP contribution in [0.2, 0.25) is 0 Å². The Bertz CT molecular complexity index is 417. The van der Waals surface area contributed by atoms with Crippen molar-refractivity contribution in [2.24, 2.45) is 10.7 Å². The van der Waals surface area contributed by atoms with Crippen LogP contribution in [0.5, 0.6) is 0 Å². The summed E-state index contributed by atoms with van der Waals surface area (Å²) in [5.41, 5.74) is 6.84. The second kappa shape index (κ2) is 7.87. The van der Waals surface area contributed by atoms with Crippen molar-refractivity contribution in [3.63, 3.8) is 0 Å². The Kier molecular flexibility index (Phi) is 5.83. The molecule has 1 aromatic carbocycles. The lowest BCUT2D eigenvalue weighted by atomic mass is 10.3. The predicted molar refractivity (Wildman–Crippen MR) is 83.0 cm³/mol. The molecule has 0 aromatic heterocycles. The van der Waals surface area contributed by atoms with Gasteiger partial charge in [-0.3, -0.25) is 9.89 Å². The average molecular weight is 276 g/mol. The van der Waals surface area contributed by atoms with E-state index in [9.17, 15) is 0 Å². The number of methoxy groups -OCH3 is 1. The molecule has 0 saturated heterocycles. The third kappa shape index (κ3) is 5.19. The van der Waals surface area contributed by atoms with Gasteiger partial charge in [-0.15, -0.1) is 0 Å². The summed E-state index contributed by atoms with van der Waals surface area (Å²) < 4.78 is 5.14. The van der Waals surface area contributed by atoms with E-state index in [-0.39, 0.29) is 0 Å². The zero-order valence-electron chi connectivity index (χ0n) is 12.1. The molecule has 0 bridgehead atoms. The first-order valence-corrected chi connectivity index (χ1v) is 7.14. The summed E-state index contributed by atoms with van der Waals surface area (Å²) in [6.07, 6.45) is 2.59. The third-order valence-corrected chi connectivity index (χ3v) is 3.36. The molecular formula is C15H24N4O. The van der Waals surface area contributed by atoms with E-state index in [0.717, 1.165) is 31.4 Å². The summed E-state index contributed by atoms with van der Waals surface area (Å²) in [6, 6.07) is 10.6. The fourth-order valence-corrected chi connectivity index (χ4v) is 2.13. The Balaban J connectivity index is 1.73. The number of aliphatic imine (C=N–C) groups is 1. The molecular weight excluding hydrogens is 252 g/mol. The Morgan fingerprint density at radius 1 is 1.35 bits per heavy atom. The molecule has 1 aliphatic rings. The average Bonchev–Trinajstić information content (AvgIpc) is 3.28. The molecule has 5 heteroatoms. The van der Waals surface area contributed by atoms with Crippen LogP contribution >= 0.6 is 0 Å². The lowest BCUT2D eigenvalue weighted by Gasteiger charge is -2.20. The fourth-order valence-electron chi connectivity index (χ4n) is 2.13. The van der Waals surface area contributed by atoms with Crippen LogP contribution < -0.4 is 11.1 Å². The Morgan fingerprint density at radius 2 is 2.10 bits per heavy atom. The standard InChI is InChI=1S/C15H24N4O/c1-20-12-11-19(14-7-8-14)10-9-17-15(16)18-13-5-3-2-4-6-13/h2-6,14H,7-12H2,1H3,(H3,16,17,18). The van der Waals surface area contributed by atoms with Crippen LogP contribution in [0.3, 0.4) is 0 Å². The Labute approximate surface area is 120 Å². The number of nitrogens with two attached hydrogens (primary N) is 1. The number of benzene rings is 1. The number of hydrogen-bond acceptors (Lipinski definition) is 3. The van der Waals surface area contributed by atoms with E-state index >= 15 is 0 Å². The first-order valence-electron chi connectivity index (χ1n) is 7.14. The minimum absolute atomic E-state index is 0.471. The first kappa shape index (κ1) is 14.8. The van der Waals surface area contributed by atoms with E-state index in [1.807, 2.05) is 30.3 Å². The van der Waals surface area contributed by atoms with Gasteiger partial charge in [0.2, 0.25) is 0 Å². The van der Waals surface area contributed by atoms with Gasteiger partial charge >= 0.3 is 0 Å². The molecule has 20 heavy (non-hydrogen) atoms. The van der Waals surface area contributed by atoms with Crippen molar-refractivity contribution in [3.05, 3.63) is 30.3 Å². The van der Waals surface area contributed by atoms with Gasteiger partial charge in [-0.1, -0.05) is 18.2 Å². The zero-order chi connectivity index (χ0) is 14.2. The van der Waals surface area contributed by atoms with Crippen molar-refractivity contribution in [2.75, 3.05) is 38.7 Å². The van der Waals surface area contributed by atoms with E-state index < -0.39 is 0 Å². The number of rotatable bonds is 8. The summed E-state index contributed by atoms with van der Waals surface area (Å²) in [5, 5.41) is 3.09. The summed E-state index contributed by atoms with van der Waals surface area (Å²) in [4.78, 5) is 6.81. The van der Waals surface area contributed by atoms with Gasteiger partial charge in [-0.2, -0.15) is 0 Å². The number of hydrogen-bond donors (Lipinski definition) is 2. The van der Waals surface area contributed by atoms with Gasteiger partial charge in [-0.05, 0) is 25.0 Å². The molecule has 0 unspecified atom stereocenters. The maximum atomic E-state index is 5.88. The van der Waals surface area contributed by atoms with Crippen molar-refractivity contribution in [3.8, 4) is 0 Å². The molecule has 3 N–H and O–H groups in total. The van der Waals surface area contributed by atoms with Crippen molar-refractivity contribution in [1.82, 2.24) is 4.90 Å². The molecule has 0 atom stereocenters. The maximum Gasteiger partial charge on any atom is 0.193 e. The maximum absolute atomic E-state index is 5.88. The number of nitrogens with zero attached hydrogens (tertiary/aromatic N) is 2. The second-order valence-corrected chi connectivity index (χ2v) is 5.02.